The predicted molar refractivity (Wildman–Crippen MR) is 65.7 cm³/mol. The van der Waals surface area contributed by atoms with Crippen molar-refractivity contribution in [2.45, 2.75) is 25.2 Å². The molecule has 1 aromatic heterocycles. The minimum Gasteiger partial charge on any atom is -0.399 e. The first kappa shape index (κ1) is 10.6. The highest BCUT2D eigenvalue weighted by Gasteiger charge is 2.43. The number of halogens is 1. The van der Waals surface area contributed by atoms with Gasteiger partial charge in [-0.2, -0.15) is 4.98 Å². The fourth-order valence-corrected chi connectivity index (χ4v) is 1.96. The van der Waals surface area contributed by atoms with Crippen molar-refractivity contribution in [3.05, 3.63) is 29.0 Å². The fourth-order valence-electron chi connectivity index (χ4n) is 1.69. The number of rotatable bonds is 2. The Bertz CT molecular complexity index is 575. The summed E-state index contributed by atoms with van der Waals surface area (Å²) < 4.78 is 5.25. The standard InChI is InChI=1S/C12H12ClN3O/c1-12(4-5-12)11-15-10(17-16-11)8-3-2-7(14)6-9(8)13/h2-3,6H,4-5,14H2,1H3. The molecule has 2 N–H and O–H groups in total. The average Bonchev–Trinajstić information content (AvgIpc) is 2.85. The SMILES string of the molecule is CC1(c2noc(-c3ccc(N)cc3Cl)n2)CC1. The molecule has 5 heteroatoms. The maximum atomic E-state index is 6.10. The summed E-state index contributed by atoms with van der Waals surface area (Å²) in [6, 6.07) is 5.24. The van der Waals surface area contributed by atoms with Crippen LogP contribution in [0.25, 0.3) is 11.5 Å². The number of anilines is 1. The van der Waals surface area contributed by atoms with Crippen LogP contribution in [0, 0.1) is 0 Å². The van der Waals surface area contributed by atoms with Gasteiger partial charge in [0, 0.05) is 11.1 Å². The van der Waals surface area contributed by atoms with E-state index in [1.54, 1.807) is 18.2 Å². The zero-order valence-corrected chi connectivity index (χ0v) is 10.2. The van der Waals surface area contributed by atoms with Crippen molar-refractivity contribution in [2.75, 3.05) is 5.73 Å². The van der Waals surface area contributed by atoms with Gasteiger partial charge in [-0.05, 0) is 31.0 Å². The lowest BCUT2D eigenvalue weighted by atomic mass is 10.1. The quantitative estimate of drug-likeness (QED) is 0.831. The summed E-state index contributed by atoms with van der Waals surface area (Å²) in [4.78, 5) is 4.40. The molecule has 17 heavy (non-hydrogen) atoms. The zero-order valence-electron chi connectivity index (χ0n) is 9.40. The molecule has 0 spiro atoms. The van der Waals surface area contributed by atoms with E-state index >= 15 is 0 Å². The molecule has 1 aliphatic rings. The van der Waals surface area contributed by atoms with E-state index in [1.807, 2.05) is 0 Å². The lowest BCUT2D eigenvalue weighted by Crippen LogP contribution is -2.01. The molecule has 4 nitrogen and oxygen atoms in total. The summed E-state index contributed by atoms with van der Waals surface area (Å²) in [5, 5.41) is 4.54. The molecular weight excluding hydrogens is 238 g/mol. The van der Waals surface area contributed by atoms with E-state index in [4.69, 9.17) is 21.9 Å². The second-order valence-corrected chi connectivity index (χ2v) is 5.13. The zero-order chi connectivity index (χ0) is 12.0. The normalized spacial score (nSPS) is 17.1. The van der Waals surface area contributed by atoms with Crippen LogP contribution < -0.4 is 5.73 Å². The van der Waals surface area contributed by atoms with Crippen molar-refractivity contribution in [1.29, 1.82) is 0 Å². The second-order valence-electron chi connectivity index (χ2n) is 4.72. The van der Waals surface area contributed by atoms with Gasteiger partial charge in [0.15, 0.2) is 5.82 Å². The largest absolute Gasteiger partial charge is 0.399 e. The van der Waals surface area contributed by atoms with E-state index in [1.165, 1.54) is 0 Å². The third kappa shape index (κ3) is 1.78. The molecule has 1 saturated carbocycles. The van der Waals surface area contributed by atoms with Crippen molar-refractivity contribution in [2.24, 2.45) is 0 Å². The minimum atomic E-state index is 0.0992. The van der Waals surface area contributed by atoms with Crippen molar-refractivity contribution in [3.63, 3.8) is 0 Å². The van der Waals surface area contributed by atoms with Gasteiger partial charge in [0.05, 0.1) is 10.6 Å². The Balaban J connectivity index is 2.01. The molecule has 0 amide bonds. The van der Waals surface area contributed by atoms with Crippen LogP contribution in [0.15, 0.2) is 22.7 Å². The summed E-state index contributed by atoms with van der Waals surface area (Å²) >= 11 is 6.10. The molecule has 88 valence electrons. The highest BCUT2D eigenvalue weighted by molar-refractivity contribution is 6.33. The van der Waals surface area contributed by atoms with Gasteiger partial charge in [-0.15, -0.1) is 0 Å². The Morgan fingerprint density at radius 3 is 2.82 bits per heavy atom. The van der Waals surface area contributed by atoms with Gasteiger partial charge in [-0.25, -0.2) is 0 Å². The number of hydrogen-bond acceptors (Lipinski definition) is 4. The summed E-state index contributed by atoms with van der Waals surface area (Å²) in [6.45, 7) is 2.13. The molecule has 0 atom stereocenters. The molecule has 1 fully saturated rings. The first-order valence-corrected chi connectivity index (χ1v) is 5.86. The van der Waals surface area contributed by atoms with Crippen molar-refractivity contribution in [1.82, 2.24) is 10.1 Å². The number of aromatic nitrogens is 2. The van der Waals surface area contributed by atoms with Crippen LogP contribution in [0.1, 0.15) is 25.6 Å². The first-order chi connectivity index (χ1) is 8.08. The maximum Gasteiger partial charge on any atom is 0.259 e. The summed E-state index contributed by atoms with van der Waals surface area (Å²) in [7, 11) is 0. The molecule has 0 unspecified atom stereocenters. The van der Waals surface area contributed by atoms with Gasteiger partial charge in [0.25, 0.3) is 5.89 Å². The third-order valence-corrected chi connectivity index (χ3v) is 3.50. The summed E-state index contributed by atoms with van der Waals surface area (Å²) in [5.74, 6) is 1.22. The maximum absolute atomic E-state index is 6.10. The Hall–Kier alpha value is -1.55. The van der Waals surface area contributed by atoms with Crippen LogP contribution >= 0.6 is 11.6 Å². The Kier molecular flexibility index (Phi) is 2.16. The highest BCUT2D eigenvalue weighted by atomic mass is 35.5. The van der Waals surface area contributed by atoms with E-state index < -0.39 is 0 Å². The number of benzene rings is 1. The van der Waals surface area contributed by atoms with Crippen LogP contribution in [0.5, 0.6) is 0 Å². The Labute approximate surface area is 104 Å². The average molecular weight is 250 g/mol. The smallest absolute Gasteiger partial charge is 0.259 e. The van der Waals surface area contributed by atoms with Crippen LogP contribution in [0.2, 0.25) is 5.02 Å². The highest BCUT2D eigenvalue weighted by Crippen LogP contribution is 2.46. The summed E-state index contributed by atoms with van der Waals surface area (Å²) in [6.07, 6.45) is 2.23. The van der Waals surface area contributed by atoms with Crippen molar-refractivity contribution < 1.29 is 4.52 Å². The van der Waals surface area contributed by atoms with Gasteiger partial charge < -0.3 is 10.3 Å². The van der Waals surface area contributed by atoms with Crippen LogP contribution in [0.3, 0.4) is 0 Å². The molecule has 0 bridgehead atoms. The third-order valence-electron chi connectivity index (χ3n) is 3.19. The topological polar surface area (TPSA) is 64.9 Å². The number of nitrogen functional groups attached to an aromatic ring is 1. The molecule has 0 aliphatic heterocycles. The second kappa shape index (κ2) is 3.47. The van der Waals surface area contributed by atoms with Crippen molar-refractivity contribution >= 4 is 17.3 Å². The molecule has 0 saturated heterocycles. The lowest BCUT2D eigenvalue weighted by molar-refractivity contribution is 0.416. The van der Waals surface area contributed by atoms with Gasteiger partial charge in [0.1, 0.15) is 0 Å². The van der Waals surface area contributed by atoms with Crippen LogP contribution in [-0.4, -0.2) is 10.1 Å². The molecule has 2 aromatic rings. The first-order valence-electron chi connectivity index (χ1n) is 5.48. The number of nitrogens with zero attached hydrogens (tertiary/aromatic N) is 2. The van der Waals surface area contributed by atoms with Crippen molar-refractivity contribution in [3.8, 4) is 11.5 Å². The monoisotopic (exact) mass is 249 g/mol. The molecule has 3 rings (SSSR count). The molecular formula is C12H12ClN3O. The number of hydrogen-bond donors (Lipinski definition) is 1. The molecule has 0 radical (unpaired) electrons. The van der Waals surface area contributed by atoms with Gasteiger partial charge in [0.2, 0.25) is 0 Å². The van der Waals surface area contributed by atoms with Gasteiger partial charge >= 0.3 is 0 Å². The fraction of sp³-hybridized carbons (Fsp3) is 0.333. The lowest BCUT2D eigenvalue weighted by Gasteiger charge is -2.00. The van der Waals surface area contributed by atoms with Gasteiger partial charge in [-0.3, -0.25) is 0 Å². The summed E-state index contributed by atoms with van der Waals surface area (Å²) in [5.41, 5.74) is 7.08. The molecule has 1 aliphatic carbocycles. The van der Waals surface area contributed by atoms with Crippen LogP contribution in [0.4, 0.5) is 5.69 Å². The van der Waals surface area contributed by atoms with E-state index in [0.717, 1.165) is 24.2 Å². The van der Waals surface area contributed by atoms with E-state index in [-0.39, 0.29) is 5.41 Å². The Morgan fingerprint density at radius 1 is 1.41 bits per heavy atom. The molecule has 1 heterocycles. The minimum absolute atomic E-state index is 0.0992. The van der Waals surface area contributed by atoms with E-state index in [9.17, 15) is 0 Å². The number of nitrogens with two attached hydrogens (primary N) is 1. The van der Waals surface area contributed by atoms with Crippen LogP contribution in [-0.2, 0) is 5.41 Å². The van der Waals surface area contributed by atoms with Gasteiger partial charge in [-0.1, -0.05) is 23.7 Å². The Morgan fingerprint density at radius 2 is 2.18 bits per heavy atom. The predicted octanol–water partition coefficient (Wildman–Crippen LogP) is 3.02. The van der Waals surface area contributed by atoms with E-state index in [0.29, 0.717) is 16.6 Å². The molecule has 1 aromatic carbocycles. The van der Waals surface area contributed by atoms with E-state index in [2.05, 4.69) is 17.1 Å².